The molecule has 1 aromatic carbocycles. The number of rotatable bonds is 8. The average Bonchev–Trinajstić information content (AvgIpc) is 3.26. The molecular formula is C17H26N2O2S. The molecule has 3 N–H and O–H groups in total. The summed E-state index contributed by atoms with van der Waals surface area (Å²) in [6.07, 6.45) is 2.51. The molecule has 0 aliphatic heterocycles. The van der Waals surface area contributed by atoms with E-state index in [0.29, 0.717) is 19.5 Å². The molecule has 122 valence electrons. The molecule has 2 amide bonds. The minimum atomic E-state index is -0.358. The van der Waals surface area contributed by atoms with Crippen molar-refractivity contribution < 1.29 is 9.90 Å². The van der Waals surface area contributed by atoms with Crippen molar-refractivity contribution in [2.75, 3.05) is 13.1 Å². The Labute approximate surface area is 137 Å². The predicted molar refractivity (Wildman–Crippen MR) is 91.1 cm³/mol. The number of benzene rings is 1. The minimum Gasteiger partial charge on any atom is -0.393 e. The lowest BCUT2D eigenvalue weighted by Crippen LogP contribution is -2.40. The van der Waals surface area contributed by atoms with Crippen molar-refractivity contribution in [2.45, 2.75) is 48.9 Å². The first kappa shape index (κ1) is 17.2. The molecule has 0 heterocycles. The standard InChI is InChI=1S/C17H26N2O2S/c1-13(2)15(20)8-11-18-16(21)19-12-17(9-10-17)22-14-6-4-3-5-7-14/h3-7,13,15,20H,8-12H2,1-2H3,(H2,18,19,21). The van der Waals surface area contributed by atoms with E-state index in [0.717, 1.165) is 12.8 Å². The van der Waals surface area contributed by atoms with Crippen LogP contribution in [0.1, 0.15) is 33.1 Å². The quantitative estimate of drug-likeness (QED) is 0.689. The molecule has 1 unspecified atom stereocenters. The third kappa shape index (κ3) is 5.54. The van der Waals surface area contributed by atoms with Gasteiger partial charge in [0.15, 0.2) is 0 Å². The number of nitrogens with one attached hydrogen (secondary N) is 2. The second-order valence-corrected chi connectivity index (χ2v) is 7.85. The Morgan fingerprint density at radius 2 is 1.95 bits per heavy atom. The summed E-state index contributed by atoms with van der Waals surface area (Å²) in [7, 11) is 0. The Kier molecular flexibility index (Phi) is 6.15. The van der Waals surface area contributed by atoms with E-state index >= 15 is 0 Å². The highest BCUT2D eigenvalue weighted by Crippen LogP contribution is 2.51. The fourth-order valence-electron chi connectivity index (χ4n) is 2.16. The van der Waals surface area contributed by atoms with E-state index in [-0.39, 0.29) is 22.8 Å². The lowest BCUT2D eigenvalue weighted by Gasteiger charge is -2.17. The van der Waals surface area contributed by atoms with Gasteiger partial charge in [-0.25, -0.2) is 4.79 Å². The Morgan fingerprint density at radius 1 is 1.27 bits per heavy atom. The van der Waals surface area contributed by atoms with Gasteiger partial charge in [0, 0.05) is 22.7 Å². The highest BCUT2D eigenvalue weighted by molar-refractivity contribution is 8.01. The molecule has 2 rings (SSSR count). The maximum absolute atomic E-state index is 11.8. The number of carbonyl (C=O) groups is 1. The van der Waals surface area contributed by atoms with Crippen molar-refractivity contribution in [1.29, 1.82) is 0 Å². The van der Waals surface area contributed by atoms with E-state index in [4.69, 9.17) is 0 Å². The molecule has 1 aromatic rings. The van der Waals surface area contributed by atoms with Crippen LogP contribution in [0.25, 0.3) is 0 Å². The highest BCUT2D eigenvalue weighted by atomic mass is 32.2. The molecule has 1 aliphatic rings. The predicted octanol–water partition coefficient (Wildman–Crippen LogP) is 3.02. The first-order valence-electron chi connectivity index (χ1n) is 7.95. The van der Waals surface area contributed by atoms with Gasteiger partial charge in [-0.3, -0.25) is 0 Å². The first-order chi connectivity index (χ1) is 10.5. The molecule has 0 spiro atoms. The molecule has 1 saturated carbocycles. The summed E-state index contributed by atoms with van der Waals surface area (Å²) >= 11 is 1.85. The summed E-state index contributed by atoms with van der Waals surface area (Å²) in [6, 6.07) is 10.2. The zero-order valence-corrected chi connectivity index (χ0v) is 14.2. The van der Waals surface area contributed by atoms with Crippen LogP contribution in [0.15, 0.2) is 35.2 Å². The normalized spacial score (nSPS) is 17.1. The monoisotopic (exact) mass is 322 g/mol. The SMILES string of the molecule is CC(C)C(O)CCNC(=O)NCC1(Sc2ccccc2)CC1. The Balaban J connectivity index is 1.66. The van der Waals surface area contributed by atoms with Gasteiger partial charge in [0.25, 0.3) is 0 Å². The van der Waals surface area contributed by atoms with Gasteiger partial charge >= 0.3 is 6.03 Å². The number of urea groups is 1. The number of hydrogen-bond donors (Lipinski definition) is 3. The average molecular weight is 322 g/mol. The van der Waals surface area contributed by atoms with E-state index in [2.05, 4.69) is 22.8 Å². The molecule has 1 aliphatic carbocycles. The molecule has 1 atom stereocenters. The summed E-state index contributed by atoms with van der Waals surface area (Å²) in [4.78, 5) is 13.1. The Hall–Kier alpha value is -1.20. The minimum absolute atomic E-state index is 0.143. The summed E-state index contributed by atoms with van der Waals surface area (Å²) in [6.45, 7) is 5.14. The molecule has 0 saturated heterocycles. The Bertz CT molecular complexity index is 475. The van der Waals surface area contributed by atoms with Crippen LogP contribution in [0.4, 0.5) is 4.79 Å². The fraction of sp³-hybridized carbons (Fsp3) is 0.588. The number of thioether (sulfide) groups is 1. The second-order valence-electron chi connectivity index (χ2n) is 6.31. The smallest absolute Gasteiger partial charge is 0.314 e. The summed E-state index contributed by atoms with van der Waals surface area (Å²) in [5.74, 6) is 0.224. The zero-order valence-electron chi connectivity index (χ0n) is 13.3. The molecule has 22 heavy (non-hydrogen) atoms. The van der Waals surface area contributed by atoms with Crippen LogP contribution in [-0.4, -0.2) is 35.1 Å². The third-order valence-electron chi connectivity index (χ3n) is 3.95. The van der Waals surface area contributed by atoms with Gasteiger partial charge in [0.1, 0.15) is 0 Å². The number of amides is 2. The van der Waals surface area contributed by atoms with E-state index in [9.17, 15) is 9.90 Å². The summed E-state index contributed by atoms with van der Waals surface area (Å²) < 4.78 is 0.163. The van der Waals surface area contributed by atoms with Gasteiger partial charge in [0.2, 0.25) is 0 Å². The van der Waals surface area contributed by atoms with Crippen LogP contribution in [0.5, 0.6) is 0 Å². The van der Waals surface area contributed by atoms with Gasteiger partial charge < -0.3 is 15.7 Å². The molecular weight excluding hydrogens is 296 g/mol. The van der Waals surface area contributed by atoms with E-state index in [1.807, 2.05) is 43.8 Å². The zero-order chi connectivity index (χ0) is 16.0. The number of aliphatic hydroxyl groups is 1. The van der Waals surface area contributed by atoms with Gasteiger partial charge in [-0.2, -0.15) is 0 Å². The van der Waals surface area contributed by atoms with Crippen LogP contribution in [0, 0.1) is 5.92 Å². The highest BCUT2D eigenvalue weighted by Gasteiger charge is 2.43. The van der Waals surface area contributed by atoms with Gasteiger partial charge in [0.05, 0.1) is 6.10 Å². The third-order valence-corrected chi connectivity index (χ3v) is 5.45. The van der Waals surface area contributed by atoms with Crippen LogP contribution < -0.4 is 10.6 Å². The lowest BCUT2D eigenvalue weighted by atomic mass is 10.0. The van der Waals surface area contributed by atoms with E-state index < -0.39 is 0 Å². The van der Waals surface area contributed by atoms with E-state index in [1.54, 1.807) is 0 Å². The second kappa shape index (κ2) is 7.88. The molecule has 1 fully saturated rings. The van der Waals surface area contributed by atoms with Crippen molar-refractivity contribution in [3.63, 3.8) is 0 Å². The van der Waals surface area contributed by atoms with Crippen molar-refractivity contribution in [2.24, 2.45) is 5.92 Å². The molecule has 0 aromatic heterocycles. The van der Waals surface area contributed by atoms with Gasteiger partial charge in [-0.05, 0) is 37.3 Å². The molecule has 4 nitrogen and oxygen atoms in total. The summed E-state index contributed by atoms with van der Waals surface area (Å²) in [5, 5.41) is 15.5. The van der Waals surface area contributed by atoms with E-state index in [1.165, 1.54) is 4.90 Å². The van der Waals surface area contributed by atoms with Crippen LogP contribution in [0.3, 0.4) is 0 Å². The first-order valence-corrected chi connectivity index (χ1v) is 8.76. The van der Waals surface area contributed by atoms with Crippen LogP contribution in [-0.2, 0) is 0 Å². The number of hydrogen-bond acceptors (Lipinski definition) is 3. The van der Waals surface area contributed by atoms with Gasteiger partial charge in [-0.15, -0.1) is 11.8 Å². The maximum Gasteiger partial charge on any atom is 0.314 e. The van der Waals surface area contributed by atoms with Crippen molar-refractivity contribution in [3.8, 4) is 0 Å². The topological polar surface area (TPSA) is 61.4 Å². The van der Waals surface area contributed by atoms with Gasteiger partial charge in [-0.1, -0.05) is 32.0 Å². The lowest BCUT2D eigenvalue weighted by molar-refractivity contribution is 0.116. The molecule has 0 radical (unpaired) electrons. The summed E-state index contributed by atoms with van der Waals surface area (Å²) in [5.41, 5.74) is 0. The maximum atomic E-state index is 11.8. The number of carbonyl (C=O) groups excluding carboxylic acids is 1. The van der Waals surface area contributed by atoms with Crippen molar-refractivity contribution >= 4 is 17.8 Å². The molecule has 5 heteroatoms. The van der Waals surface area contributed by atoms with Crippen LogP contribution >= 0.6 is 11.8 Å². The Morgan fingerprint density at radius 3 is 2.55 bits per heavy atom. The number of aliphatic hydroxyl groups excluding tert-OH is 1. The van der Waals surface area contributed by atoms with Crippen molar-refractivity contribution in [3.05, 3.63) is 30.3 Å². The van der Waals surface area contributed by atoms with Crippen molar-refractivity contribution in [1.82, 2.24) is 10.6 Å². The largest absolute Gasteiger partial charge is 0.393 e. The van der Waals surface area contributed by atoms with Crippen LogP contribution in [0.2, 0.25) is 0 Å². The molecule has 0 bridgehead atoms. The fourth-order valence-corrected chi connectivity index (χ4v) is 3.41.